The van der Waals surface area contributed by atoms with E-state index in [4.69, 9.17) is 9.47 Å². The van der Waals surface area contributed by atoms with Crippen LogP contribution in [0.25, 0.3) is 0 Å². The van der Waals surface area contributed by atoms with Crippen LogP contribution >= 0.6 is 0 Å². The van der Waals surface area contributed by atoms with Crippen molar-refractivity contribution in [3.63, 3.8) is 0 Å². The molecule has 2 aliphatic rings. The molecule has 0 spiro atoms. The van der Waals surface area contributed by atoms with Gasteiger partial charge in [0.1, 0.15) is 18.1 Å². The molecule has 1 atom stereocenters. The number of hydrogen-bond acceptors (Lipinski definition) is 4. The van der Waals surface area contributed by atoms with Crippen LogP contribution in [0.15, 0.2) is 42.5 Å². The molecule has 2 aromatic carbocycles. The lowest BCUT2D eigenvalue weighted by molar-refractivity contribution is -0.125. The fourth-order valence-electron chi connectivity index (χ4n) is 5.06. The summed E-state index contributed by atoms with van der Waals surface area (Å²) in [7, 11) is 0. The first-order valence-corrected chi connectivity index (χ1v) is 13.1. The second kappa shape index (κ2) is 11.6. The lowest BCUT2D eigenvalue weighted by Gasteiger charge is -2.33. The molecule has 1 aliphatic carbocycles. The van der Waals surface area contributed by atoms with Crippen LogP contribution in [0.5, 0.6) is 11.5 Å². The first-order chi connectivity index (χ1) is 16.9. The highest BCUT2D eigenvalue weighted by molar-refractivity contribution is 6.01. The molecular weight excluding hydrogens is 440 g/mol. The normalized spacial score (nSPS) is 21.7. The SMILES string of the molecule is CCCCC1CCC(C(=O)Nc2ccc3c(c2)OC(C)C(=O)N3CCOc2ccc(C)cc2)CC1. The minimum atomic E-state index is -0.591. The molecule has 188 valence electrons. The fraction of sp³-hybridized carbons (Fsp3) is 0.517. The second-order valence-corrected chi connectivity index (χ2v) is 9.94. The monoisotopic (exact) mass is 478 g/mol. The summed E-state index contributed by atoms with van der Waals surface area (Å²) in [6.45, 7) is 6.81. The zero-order chi connectivity index (χ0) is 24.8. The van der Waals surface area contributed by atoms with Gasteiger partial charge in [0.05, 0.1) is 12.2 Å². The number of anilines is 2. The van der Waals surface area contributed by atoms with Crippen LogP contribution in [-0.4, -0.2) is 31.1 Å². The minimum Gasteiger partial charge on any atom is -0.492 e. The van der Waals surface area contributed by atoms with Gasteiger partial charge in [0.15, 0.2) is 6.10 Å². The number of nitrogens with zero attached hydrogens (tertiary/aromatic N) is 1. The third kappa shape index (κ3) is 6.36. The lowest BCUT2D eigenvalue weighted by atomic mass is 9.79. The first-order valence-electron chi connectivity index (χ1n) is 13.1. The number of carbonyl (C=O) groups is 2. The van der Waals surface area contributed by atoms with Crippen LogP contribution in [0.2, 0.25) is 0 Å². The first kappa shape index (κ1) is 25.1. The Labute approximate surface area is 209 Å². The molecule has 6 nitrogen and oxygen atoms in total. The van der Waals surface area contributed by atoms with Crippen LogP contribution in [-0.2, 0) is 9.59 Å². The van der Waals surface area contributed by atoms with E-state index in [-0.39, 0.29) is 17.7 Å². The summed E-state index contributed by atoms with van der Waals surface area (Å²) < 4.78 is 11.7. The molecule has 1 heterocycles. The average Bonchev–Trinajstić information content (AvgIpc) is 2.86. The van der Waals surface area contributed by atoms with Gasteiger partial charge in [0, 0.05) is 17.7 Å². The summed E-state index contributed by atoms with van der Waals surface area (Å²) in [4.78, 5) is 27.4. The van der Waals surface area contributed by atoms with Crippen molar-refractivity contribution in [2.45, 2.75) is 71.8 Å². The van der Waals surface area contributed by atoms with E-state index in [1.165, 1.54) is 24.8 Å². The summed E-state index contributed by atoms with van der Waals surface area (Å²) in [5.41, 5.74) is 2.58. The quantitative estimate of drug-likeness (QED) is 0.471. The Kier molecular flexibility index (Phi) is 8.32. The number of benzene rings is 2. The van der Waals surface area contributed by atoms with Crippen LogP contribution in [0.1, 0.15) is 64.4 Å². The Hall–Kier alpha value is -3.02. The number of amides is 2. The predicted molar refractivity (Wildman–Crippen MR) is 139 cm³/mol. The van der Waals surface area contributed by atoms with Gasteiger partial charge in [-0.05, 0) is 69.7 Å². The molecule has 6 heteroatoms. The van der Waals surface area contributed by atoms with E-state index in [2.05, 4.69) is 12.2 Å². The molecule has 4 rings (SSSR count). The third-order valence-corrected chi connectivity index (χ3v) is 7.22. The zero-order valence-corrected chi connectivity index (χ0v) is 21.2. The van der Waals surface area contributed by atoms with E-state index in [9.17, 15) is 9.59 Å². The molecule has 1 fully saturated rings. The Morgan fingerprint density at radius 1 is 1.11 bits per heavy atom. The van der Waals surface area contributed by atoms with Gasteiger partial charge >= 0.3 is 0 Å². The Bertz CT molecular complexity index is 1010. The molecule has 35 heavy (non-hydrogen) atoms. The number of carbonyl (C=O) groups excluding carboxylic acids is 2. The van der Waals surface area contributed by atoms with E-state index < -0.39 is 6.10 Å². The van der Waals surface area contributed by atoms with Gasteiger partial charge in [0.25, 0.3) is 5.91 Å². The summed E-state index contributed by atoms with van der Waals surface area (Å²) in [6, 6.07) is 13.4. The minimum absolute atomic E-state index is 0.0701. The van der Waals surface area contributed by atoms with Crippen molar-refractivity contribution in [2.75, 3.05) is 23.4 Å². The molecular formula is C29H38N2O4. The largest absolute Gasteiger partial charge is 0.492 e. The smallest absolute Gasteiger partial charge is 0.267 e. The Balaban J connectivity index is 1.36. The van der Waals surface area contributed by atoms with Crippen molar-refractivity contribution in [3.8, 4) is 11.5 Å². The van der Waals surface area contributed by atoms with Gasteiger partial charge in [-0.1, -0.05) is 43.9 Å². The van der Waals surface area contributed by atoms with Crippen LogP contribution in [0.4, 0.5) is 11.4 Å². The van der Waals surface area contributed by atoms with Crippen molar-refractivity contribution in [1.82, 2.24) is 0 Å². The third-order valence-electron chi connectivity index (χ3n) is 7.22. The zero-order valence-electron chi connectivity index (χ0n) is 21.2. The lowest BCUT2D eigenvalue weighted by Crippen LogP contribution is -2.46. The second-order valence-electron chi connectivity index (χ2n) is 9.94. The number of aryl methyl sites for hydroxylation is 1. The molecule has 2 amide bonds. The molecule has 1 N–H and O–H groups in total. The Morgan fingerprint density at radius 3 is 2.57 bits per heavy atom. The van der Waals surface area contributed by atoms with Crippen molar-refractivity contribution in [3.05, 3.63) is 48.0 Å². The van der Waals surface area contributed by atoms with Crippen LogP contribution in [0.3, 0.4) is 0 Å². The maximum Gasteiger partial charge on any atom is 0.267 e. The molecule has 2 aromatic rings. The van der Waals surface area contributed by atoms with E-state index in [1.807, 2.05) is 49.4 Å². The molecule has 1 unspecified atom stereocenters. The summed E-state index contributed by atoms with van der Waals surface area (Å²) in [6.07, 6.45) is 7.43. The summed E-state index contributed by atoms with van der Waals surface area (Å²) in [5.74, 6) is 2.22. The Morgan fingerprint density at radius 2 is 1.86 bits per heavy atom. The van der Waals surface area contributed by atoms with Crippen molar-refractivity contribution in [1.29, 1.82) is 0 Å². The van der Waals surface area contributed by atoms with Gasteiger partial charge in [-0.2, -0.15) is 0 Å². The highest BCUT2D eigenvalue weighted by Crippen LogP contribution is 2.37. The number of unbranched alkanes of at least 4 members (excludes halogenated alkanes) is 1. The number of rotatable bonds is 9. The number of hydrogen-bond donors (Lipinski definition) is 1. The van der Waals surface area contributed by atoms with E-state index >= 15 is 0 Å². The average molecular weight is 479 g/mol. The van der Waals surface area contributed by atoms with E-state index in [0.29, 0.717) is 30.3 Å². The van der Waals surface area contributed by atoms with Crippen molar-refractivity contribution < 1.29 is 19.1 Å². The number of nitrogens with one attached hydrogen (secondary N) is 1. The standard InChI is InChI=1S/C29H38N2O4/c1-4-5-6-22-9-11-23(12-10-22)28(32)30-24-13-16-26-27(19-24)35-21(3)29(33)31(26)17-18-34-25-14-7-20(2)8-15-25/h7-8,13-16,19,21-23H,4-6,9-12,17-18H2,1-3H3,(H,30,32). The molecule has 1 aliphatic heterocycles. The summed E-state index contributed by atoms with van der Waals surface area (Å²) >= 11 is 0. The molecule has 0 aromatic heterocycles. The fourth-order valence-corrected chi connectivity index (χ4v) is 5.06. The van der Waals surface area contributed by atoms with Gasteiger partial charge < -0.3 is 19.7 Å². The maximum atomic E-state index is 12.9. The highest BCUT2D eigenvalue weighted by atomic mass is 16.5. The number of ether oxygens (including phenoxy) is 2. The maximum absolute atomic E-state index is 12.9. The van der Waals surface area contributed by atoms with Gasteiger partial charge in [-0.25, -0.2) is 0 Å². The van der Waals surface area contributed by atoms with E-state index in [0.717, 1.165) is 37.4 Å². The molecule has 0 radical (unpaired) electrons. The predicted octanol–water partition coefficient (Wildman–Crippen LogP) is 6.12. The summed E-state index contributed by atoms with van der Waals surface area (Å²) in [5, 5.41) is 3.08. The molecule has 0 saturated heterocycles. The molecule has 1 saturated carbocycles. The molecule has 0 bridgehead atoms. The van der Waals surface area contributed by atoms with Crippen LogP contribution in [0, 0.1) is 18.8 Å². The van der Waals surface area contributed by atoms with Gasteiger partial charge in [0.2, 0.25) is 5.91 Å². The van der Waals surface area contributed by atoms with Gasteiger partial charge in [-0.15, -0.1) is 0 Å². The van der Waals surface area contributed by atoms with Crippen LogP contribution < -0.4 is 19.7 Å². The highest BCUT2D eigenvalue weighted by Gasteiger charge is 2.32. The van der Waals surface area contributed by atoms with Gasteiger partial charge in [-0.3, -0.25) is 9.59 Å². The topological polar surface area (TPSA) is 67.9 Å². The number of fused-ring (bicyclic) bond motifs is 1. The van der Waals surface area contributed by atoms with Crippen molar-refractivity contribution in [2.24, 2.45) is 11.8 Å². The van der Waals surface area contributed by atoms with E-state index in [1.54, 1.807) is 11.8 Å². The van der Waals surface area contributed by atoms with Crippen molar-refractivity contribution >= 4 is 23.2 Å².